The monoisotopic (exact) mass is 383 g/mol. The van der Waals surface area contributed by atoms with Gasteiger partial charge < -0.3 is 5.11 Å². The van der Waals surface area contributed by atoms with Crippen molar-refractivity contribution in [1.29, 1.82) is 0 Å². The van der Waals surface area contributed by atoms with Gasteiger partial charge in [0, 0.05) is 31.8 Å². The van der Waals surface area contributed by atoms with Crippen LogP contribution in [0.1, 0.15) is 55.7 Å². The Kier molecular flexibility index (Phi) is 5.18. The Morgan fingerprint density at radius 2 is 2.11 bits per heavy atom. The molecule has 1 aromatic rings. The van der Waals surface area contributed by atoms with E-state index in [1.54, 1.807) is 24.6 Å². The molecule has 1 aliphatic carbocycles. The largest absolute Gasteiger partial charge is 0.384 e. The molecule has 2 N–H and O–H groups in total. The van der Waals surface area contributed by atoms with Crippen LogP contribution in [0, 0.1) is 5.92 Å². The molecule has 0 saturated heterocycles. The predicted molar refractivity (Wildman–Crippen MR) is 90.7 cm³/mol. The van der Waals surface area contributed by atoms with Crippen LogP contribution in [0.25, 0.3) is 0 Å². The van der Waals surface area contributed by atoms with Gasteiger partial charge in [-0.3, -0.25) is 10.2 Å². The number of carbonyl (C=O) groups is 1. The number of halogens is 2. The van der Waals surface area contributed by atoms with Gasteiger partial charge in [-0.15, -0.1) is 0 Å². The summed E-state index contributed by atoms with van der Waals surface area (Å²) >= 11 is 0. The number of allylic oxidation sites excluding steroid dienone is 2. The second-order valence-electron chi connectivity index (χ2n) is 7.38. The smallest absolute Gasteiger partial charge is 0.298 e. The molecule has 1 fully saturated rings. The van der Waals surface area contributed by atoms with Crippen molar-refractivity contribution < 1.29 is 23.3 Å². The lowest BCUT2D eigenvalue weighted by atomic mass is 9.86. The summed E-state index contributed by atoms with van der Waals surface area (Å²) in [6.45, 7) is 3.16. The zero-order chi connectivity index (χ0) is 19.7. The van der Waals surface area contributed by atoms with Gasteiger partial charge in [-0.25, -0.2) is 23.5 Å². The van der Waals surface area contributed by atoms with Crippen LogP contribution in [0.2, 0.25) is 0 Å². The van der Waals surface area contributed by atoms with Crippen molar-refractivity contribution >= 4 is 5.91 Å². The van der Waals surface area contributed by atoms with Crippen molar-refractivity contribution in [3.05, 3.63) is 35.9 Å². The molecule has 1 aliphatic heterocycles. The van der Waals surface area contributed by atoms with Gasteiger partial charge in [-0.2, -0.15) is 0 Å². The molecule has 148 valence electrons. The molecule has 8 nitrogen and oxygen atoms in total. The van der Waals surface area contributed by atoms with Crippen LogP contribution in [0.15, 0.2) is 29.2 Å². The van der Waals surface area contributed by atoms with Gasteiger partial charge in [-0.1, -0.05) is 5.16 Å². The predicted octanol–water partition coefficient (Wildman–Crippen LogP) is 2.33. The number of amides is 1. The summed E-state index contributed by atoms with van der Waals surface area (Å²) in [7, 11) is 0. The topological polar surface area (TPSA) is 94.7 Å². The fourth-order valence-corrected chi connectivity index (χ4v) is 3.15. The van der Waals surface area contributed by atoms with Gasteiger partial charge in [0.2, 0.25) is 11.6 Å². The van der Waals surface area contributed by atoms with Crippen LogP contribution in [0.3, 0.4) is 0 Å². The lowest BCUT2D eigenvalue weighted by Crippen LogP contribution is -2.52. The first kappa shape index (κ1) is 19.3. The summed E-state index contributed by atoms with van der Waals surface area (Å²) in [6, 6.07) is 0. The number of nitrogens with zero attached hydrogens (tertiary/aromatic N) is 4. The molecule has 27 heavy (non-hydrogen) atoms. The maximum absolute atomic E-state index is 13.5. The third-order valence-electron chi connectivity index (χ3n) is 4.67. The van der Waals surface area contributed by atoms with Crippen molar-refractivity contribution in [1.82, 2.24) is 25.9 Å². The second-order valence-corrected chi connectivity index (χ2v) is 7.38. The van der Waals surface area contributed by atoms with Crippen molar-refractivity contribution in [2.75, 3.05) is 6.54 Å². The molecule has 3 rings (SSSR count). The number of carbonyl (C=O) groups excluding carboxylic acids is 1. The van der Waals surface area contributed by atoms with Gasteiger partial charge in [0.15, 0.2) is 0 Å². The van der Waals surface area contributed by atoms with Crippen LogP contribution in [-0.2, 0) is 5.60 Å². The van der Waals surface area contributed by atoms with Crippen LogP contribution in [0.4, 0.5) is 8.78 Å². The van der Waals surface area contributed by atoms with Gasteiger partial charge in [-0.05, 0) is 49.9 Å². The van der Waals surface area contributed by atoms with E-state index in [0.717, 1.165) is 0 Å². The number of aromatic nitrogens is 2. The molecule has 2 aliphatic rings. The third-order valence-corrected chi connectivity index (χ3v) is 4.67. The van der Waals surface area contributed by atoms with E-state index in [9.17, 15) is 18.7 Å². The van der Waals surface area contributed by atoms with Crippen molar-refractivity contribution in [2.24, 2.45) is 5.92 Å². The molecule has 2 heterocycles. The zero-order valence-corrected chi connectivity index (χ0v) is 15.2. The van der Waals surface area contributed by atoms with Crippen molar-refractivity contribution in [3.8, 4) is 0 Å². The maximum Gasteiger partial charge on any atom is 0.298 e. The fraction of sp³-hybridized carbons (Fsp3) is 0.588. The van der Waals surface area contributed by atoms with Crippen LogP contribution in [0.5, 0.6) is 0 Å². The summed E-state index contributed by atoms with van der Waals surface area (Å²) in [6.07, 6.45) is 7.00. The van der Waals surface area contributed by atoms with E-state index >= 15 is 0 Å². The number of hydrogen-bond acceptors (Lipinski definition) is 7. The molecule has 0 unspecified atom stereocenters. The van der Waals surface area contributed by atoms with Crippen LogP contribution >= 0.6 is 0 Å². The van der Waals surface area contributed by atoms with Crippen molar-refractivity contribution in [3.63, 3.8) is 0 Å². The summed E-state index contributed by atoms with van der Waals surface area (Å²) in [5.74, 6) is -3.26. The Morgan fingerprint density at radius 1 is 1.41 bits per heavy atom. The standard InChI is InChI=1S/C17H23F2N5O3/c1-16(2,26)14-13(21-27-22-14)15(25)23(24-10-4-3-9-20-24)11-12-5-7-17(18,19)8-6-12/h3-4,9-10,12,20,26H,5-8,11H2,1-2H3. The third kappa shape index (κ3) is 4.44. The zero-order valence-electron chi connectivity index (χ0n) is 15.2. The number of alkyl halides is 2. The van der Waals surface area contributed by atoms with Gasteiger partial charge in [0.25, 0.3) is 5.91 Å². The normalized spacial score (nSPS) is 19.8. The Bertz CT molecular complexity index is 731. The lowest BCUT2D eigenvalue weighted by Gasteiger charge is -2.38. The van der Waals surface area contributed by atoms with Gasteiger partial charge in [0.1, 0.15) is 11.3 Å². The maximum atomic E-state index is 13.5. The highest BCUT2D eigenvalue weighted by Crippen LogP contribution is 2.36. The quantitative estimate of drug-likeness (QED) is 0.806. The Balaban J connectivity index is 1.82. The first-order chi connectivity index (χ1) is 12.7. The molecule has 1 saturated carbocycles. The van der Waals surface area contributed by atoms with Gasteiger partial charge >= 0.3 is 0 Å². The Hall–Kier alpha value is -2.49. The first-order valence-corrected chi connectivity index (χ1v) is 8.81. The summed E-state index contributed by atoms with van der Waals surface area (Å²) < 4.78 is 31.6. The van der Waals surface area contributed by atoms with E-state index < -0.39 is 17.4 Å². The number of aliphatic hydroxyl groups is 1. The van der Waals surface area contributed by atoms with Crippen LogP contribution < -0.4 is 5.43 Å². The minimum absolute atomic E-state index is 0.0178. The van der Waals surface area contributed by atoms with E-state index in [-0.39, 0.29) is 36.7 Å². The highest BCUT2D eigenvalue weighted by molar-refractivity contribution is 5.93. The fourth-order valence-electron chi connectivity index (χ4n) is 3.15. The van der Waals surface area contributed by atoms with E-state index in [1.165, 1.54) is 24.0 Å². The lowest BCUT2D eigenvalue weighted by molar-refractivity contribution is -0.0602. The molecule has 1 amide bonds. The minimum atomic E-state index is -2.64. The SMILES string of the molecule is CC(C)(O)c1nonc1C(=O)N(CC1CCC(F)(F)CC1)N1C=CC=CN1. The Morgan fingerprint density at radius 3 is 2.70 bits per heavy atom. The van der Waals surface area contributed by atoms with Crippen LogP contribution in [-0.4, -0.2) is 43.9 Å². The molecule has 0 bridgehead atoms. The number of nitrogens with one attached hydrogen (secondary N) is 1. The molecule has 0 radical (unpaired) electrons. The summed E-state index contributed by atoms with van der Waals surface area (Å²) in [5.41, 5.74) is 1.39. The molecular formula is C17H23F2N5O3. The molecule has 10 heteroatoms. The first-order valence-electron chi connectivity index (χ1n) is 8.81. The molecule has 1 aromatic heterocycles. The molecule has 0 aromatic carbocycles. The summed E-state index contributed by atoms with van der Waals surface area (Å²) in [5, 5.41) is 20.3. The molecule has 0 atom stereocenters. The second kappa shape index (κ2) is 7.26. The number of rotatable bonds is 5. The highest BCUT2D eigenvalue weighted by Gasteiger charge is 2.38. The minimum Gasteiger partial charge on any atom is -0.384 e. The van der Waals surface area contributed by atoms with E-state index in [2.05, 4.69) is 20.4 Å². The Labute approximate surface area is 155 Å². The average molecular weight is 383 g/mol. The summed E-state index contributed by atoms with van der Waals surface area (Å²) in [4.78, 5) is 13.1. The molecule has 0 spiro atoms. The highest BCUT2D eigenvalue weighted by atomic mass is 19.3. The average Bonchev–Trinajstić information content (AvgIpc) is 3.11. The van der Waals surface area contributed by atoms with Gasteiger partial charge in [0.05, 0.1) is 0 Å². The van der Waals surface area contributed by atoms with E-state index in [0.29, 0.717) is 12.8 Å². The molecular weight excluding hydrogens is 360 g/mol. The number of hydrogen-bond donors (Lipinski definition) is 2. The van der Waals surface area contributed by atoms with Crippen molar-refractivity contribution in [2.45, 2.75) is 51.1 Å². The van der Waals surface area contributed by atoms with E-state index in [1.807, 2.05) is 0 Å². The van der Waals surface area contributed by atoms with E-state index in [4.69, 9.17) is 0 Å². The number of hydrazine groups is 2.